The van der Waals surface area contributed by atoms with Crippen LogP contribution in [0.5, 0.6) is 0 Å². The van der Waals surface area contributed by atoms with Gasteiger partial charge in [0.15, 0.2) is 0 Å². The van der Waals surface area contributed by atoms with Gasteiger partial charge in [-0.15, -0.1) is 0 Å². The molecule has 0 heterocycles. The number of nitro groups is 1. The van der Waals surface area contributed by atoms with Gasteiger partial charge in [-0.2, -0.15) is 4.39 Å². The Hall–Kier alpha value is -3.29. The van der Waals surface area contributed by atoms with Crippen molar-refractivity contribution < 1.29 is 18.9 Å². The summed E-state index contributed by atoms with van der Waals surface area (Å²) < 4.78 is 13.2. The zero-order valence-corrected chi connectivity index (χ0v) is 12.0. The van der Waals surface area contributed by atoms with E-state index in [4.69, 9.17) is 0 Å². The van der Waals surface area contributed by atoms with Gasteiger partial charge in [0, 0.05) is 29.9 Å². The predicted molar refractivity (Wildman–Crippen MR) is 81.8 cm³/mol. The number of carbonyl (C=O) groups excluding carboxylic acids is 2. The Labute approximate surface area is 130 Å². The molecule has 0 aliphatic carbocycles. The summed E-state index contributed by atoms with van der Waals surface area (Å²) in [6.45, 7) is 1.36. The van der Waals surface area contributed by atoms with Crippen LogP contribution in [0.3, 0.4) is 0 Å². The number of nitrogens with zero attached hydrogens (tertiary/aromatic N) is 1. The van der Waals surface area contributed by atoms with Crippen LogP contribution in [0.15, 0.2) is 42.5 Å². The zero-order valence-electron chi connectivity index (χ0n) is 12.0. The maximum Gasteiger partial charge on any atom is 0.306 e. The maximum atomic E-state index is 13.2. The molecule has 23 heavy (non-hydrogen) atoms. The monoisotopic (exact) mass is 317 g/mol. The van der Waals surface area contributed by atoms with E-state index in [-0.39, 0.29) is 17.2 Å². The molecular formula is C15H12FN3O4. The highest BCUT2D eigenvalue weighted by atomic mass is 19.1. The number of carbonyl (C=O) groups is 2. The Morgan fingerprint density at radius 1 is 1.04 bits per heavy atom. The summed E-state index contributed by atoms with van der Waals surface area (Å²) in [5, 5.41) is 15.7. The van der Waals surface area contributed by atoms with Crippen molar-refractivity contribution >= 4 is 28.9 Å². The Balaban J connectivity index is 2.14. The van der Waals surface area contributed by atoms with Crippen LogP contribution in [-0.4, -0.2) is 16.7 Å². The molecule has 2 N–H and O–H groups in total. The lowest BCUT2D eigenvalue weighted by Gasteiger charge is -2.07. The Morgan fingerprint density at radius 2 is 1.65 bits per heavy atom. The van der Waals surface area contributed by atoms with E-state index in [0.29, 0.717) is 5.69 Å². The van der Waals surface area contributed by atoms with E-state index in [2.05, 4.69) is 10.6 Å². The molecule has 0 bridgehead atoms. The predicted octanol–water partition coefficient (Wildman–Crippen LogP) is 2.94. The highest BCUT2D eigenvalue weighted by Gasteiger charge is 2.15. The minimum absolute atomic E-state index is 0.106. The van der Waals surface area contributed by atoms with Crippen LogP contribution >= 0.6 is 0 Å². The van der Waals surface area contributed by atoms with Crippen molar-refractivity contribution in [2.45, 2.75) is 6.92 Å². The second-order valence-electron chi connectivity index (χ2n) is 4.64. The van der Waals surface area contributed by atoms with Crippen LogP contribution in [0.25, 0.3) is 0 Å². The largest absolute Gasteiger partial charge is 0.326 e. The highest BCUT2D eigenvalue weighted by Crippen LogP contribution is 2.22. The number of benzene rings is 2. The smallest absolute Gasteiger partial charge is 0.306 e. The Bertz CT molecular complexity index is 775. The quantitative estimate of drug-likeness (QED) is 0.668. The summed E-state index contributed by atoms with van der Waals surface area (Å²) in [6, 6.07) is 9.14. The normalized spacial score (nSPS) is 10.0. The first-order chi connectivity index (χ1) is 10.9. The lowest BCUT2D eigenvalue weighted by molar-refractivity contribution is -0.387. The van der Waals surface area contributed by atoms with Gasteiger partial charge in [-0.1, -0.05) is 0 Å². The van der Waals surface area contributed by atoms with Gasteiger partial charge in [0.2, 0.25) is 11.7 Å². The van der Waals surface area contributed by atoms with Gasteiger partial charge in [-0.05, 0) is 36.4 Å². The first kappa shape index (κ1) is 16.1. The SMILES string of the molecule is CC(=O)Nc1ccc(C(=O)Nc2ccc(F)c([N+](=O)[O-])c2)cc1. The van der Waals surface area contributed by atoms with Gasteiger partial charge in [0.1, 0.15) is 0 Å². The van der Waals surface area contributed by atoms with Gasteiger partial charge in [-0.3, -0.25) is 19.7 Å². The molecule has 2 aromatic rings. The summed E-state index contributed by atoms with van der Waals surface area (Å²) in [7, 11) is 0. The maximum absolute atomic E-state index is 13.2. The first-order valence-electron chi connectivity index (χ1n) is 6.50. The minimum atomic E-state index is -0.979. The van der Waals surface area contributed by atoms with E-state index in [0.717, 1.165) is 12.1 Å². The van der Waals surface area contributed by atoms with E-state index in [1.54, 1.807) is 12.1 Å². The van der Waals surface area contributed by atoms with Crippen molar-refractivity contribution in [3.8, 4) is 0 Å². The molecule has 0 saturated heterocycles. The number of rotatable bonds is 4. The molecule has 2 rings (SSSR count). The molecule has 8 heteroatoms. The van der Waals surface area contributed by atoms with Crippen LogP contribution in [0.2, 0.25) is 0 Å². The molecule has 0 fully saturated rings. The first-order valence-corrected chi connectivity index (χ1v) is 6.50. The number of hydrogen-bond acceptors (Lipinski definition) is 4. The third kappa shape index (κ3) is 4.10. The molecule has 2 aromatic carbocycles. The highest BCUT2D eigenvalue weighted by molar-refractivity contribution is 6.04. The van der Waals surface area contributed by atoms with Crippen molar-refractivity contribution in [1.82, 2.24) is 0 Å². The summed E-state index contributed by atoms with van der Waals surface area (Å²) in [6.07, 6.45) is 0. The number of anilines is 2. The molecule has 2 amide bonds. The summed E-state index contributed by atoms with van der Waals surface area (Å²) in [4.78, 5) is 32.8. The fourth-order valence-electron chi connectivity index (χ4n) is 1.84. The van der Waals surface area contributed by atoms with Gasteiger partial charge in [0.25, 0.3) is 5.91 Å². The van der Waals surface area contributed by atoms with Crippen LogP contribution < -0.4 is 10.6 Å². The van der Waals surface area contributed by atoms with Gasteiger partial charge >= 0.3 is 5.69 Å². The van der Waals surface area contributed by atoms with Crippen molar-refractivity contribution in [2.75, 3.05) is 10.6 Å². The van der Waals surface area contributed by atoms with Crippen molar-refractivity contribution in [2.24, 2.45) is 0 Å². The van der Waals surface area contributed by atoms with Crippen molar-refractivity contribution in [3.05, 3.63) is 64.0 Å². The third-order valence-electron chi connectivity index (χ3n) is 2.87. The van der Waals surface area contributed by atoms with Crippen LogP contribution in [0.1, 0.15) is 17.3 Å². The number of nitrogens with one attached hydrogen (secondary N) is 2. The molecular weight excluding hydrogens is 305 g/mol. The average molecular weight is 317 g/mol. The van der Waals surface area contributed by atoms with E-state index in [9.17, 15) is 24.1 Å². The number of nitro benzene ring substituents is 1. The molecule has 0 aliphatic heterocycles. The molecule has 0 radical (unpaired) electrons. The van der Waals surface area contributed by atoms with Crippen LogP contribution in [0, 0.1) is 15.9 Å². The lowest BCUT2D eigenvalue weighted by atomic mass is 10.2. The second kappa shape index (κ2) is 6.65. The van der Waals surface area contributed by atoms with Gasteiger partial charge in [-0.25, -0.2) is 0 Å². The number of hydrogen-bond donors (Lipinski definition) is 2. The standard InChI is InChI=1S/C15H12FN3O4/c1-9(20)17-11-4-2-10(3-5-11)15(21)18-12-6-7-13(16)14(8-12)19(22)23/h2-8H,1H3,(H,17,20)(H,18,21). The third-order valence-corrected chi connectivity index (χ3v) is 2.87. The van der Waals surface area contributed by atoms with E-state index in [1.165, 1.54) is 25.1 Å². The zero-order chi connectivity index (χ0) is 17.0. The summed E-state index contributed by atoms with van der Waals surface area (Å²) in [5.74, 6) is -1.73. The minimum Gasteiger partial charge on any atom is -0.326 e. The van der Waals surface area contributed by atoms with E-state index < -0.39 is 22.3 Å². The topological polar surface area (TPSA) is 101 Å². The fourth-order valence-corrected chi connectivity index (χ4v) is 1.84. The van der Waals surface area contributed by atoms with Crippen LogP contribution in [0.4, 0.5) is 21.5 Å². The fraction of sp³-hybridized carbons (Fsp3) is 0.0667. The average Bonchev–Trinajstić information content (AvgIpc) is 2.49. The molecule has 7 nitrogen and oxygen atoms in total. The van der Waals surface area contributed by atoms with Crippen molar-refractivity contribution in [1.29, 1.82) is 0 Å². The molecule has 0 spiro atoms. The molecule has 0 atom stereocenters. The van der Waals surface area contributed by atoms with Gasteiger partial charge in [0.05, 0.1) is 4.92 Å². The second-order valence-corrected chi connectivity index (χ2v) is 4.64. The number of amides is 2. The summed E-state index contributed by atoms with van der Waals surface area (Å²) >= 11 is 0. The number of halogens is 1. The van der Waals surface area contributed by atoms with Crippen molar-refractivity contribution in [3.63, 3.8) is 0 Å². The molecule has 0 aliphatic rings. The lowest BCUT2D eigenvalue weighted by Crippen LogP contribution is -2.12. The molecule has 0 saturated carbocycles. The van der Waals surface area contributed by atoms with E-state index in [1.807, 2.05) is 0 Å². The molecule has 118 valence electrons. The Morgan fingerprint density at radius 3 is 2.22 bits per heavy atom. The molecule has 0 unspecified atom stereocenters. The van der Waals surface area contributed by atoms with Crippen LogP contribution in [-0.2, 0) is 4.79 Å². The van der Waals surface area contributed by atoms with E-state index >= 15 is 0 Å². The van der Waals surface area contributed by atoms with Gasteiger partial charge < -0.3 is 10.6 Å². The summed E-state index contributed by atoms with van der Waals surface area (Å²) in [5.41, 5.74) is 0.204. The molecule has 0 aromatic heterocycles. The Kier molecular flexibility index (Phi) is 4.65.